The predicted molar refractivity (Wildman–Crippen MR) is 50.5 cm³/mol. The van der Waals surface area contributed by atoms with Crippen LogP contribution in [0.1, 0.15) is 0 Å². The standard InChI is InChI=1S/C11H6O3/c1-14-11(13)9-7-5-3-2-4-6-8-10-12/h7,9-10H,1H3/b9-7+. The molecule has 14 heavy (non-hydrogen) atoms. The third-order valence-corrected chi connectivity index (χ3v) is 0.895. The first-order valence-corrected chi connectivity index (χ1v) is 3.50. The molecule has 0 N–H and O–H groups in total. The lowest BCUT2D eigenvalue weighted by Gasteiger charge is -1.84. The number of esters is 1. The summed E-state index contributed by atoms with van der Waals surface area (Å²) in [6, 6.07) is 0. The highest BCUT2D eigenvalue weighted by atomic mass is 16.5. The minimum absolute atomic E-state index is 0.444. The summed E-state index contributed by atoms with van der Waals surface area (Å²) in [6.07, 6.45) is 2.93. The van der Waals surface area contributed by atoms with Crippen LogP contribution in [-0.2, 0) is 14.3 Å². The molecule has 0 atom stereocenters. The zero-order valence-corrected chi connectivity index (χ0v) is 7.46. The van der Waals surface area contributed by atoms with Gasteiger partial charge >= 0.3 is 5.97 Å². The number of rotatable bonds is 1. The van der Waals surface area contributed by atoms with Crippen molar-refractivity contribution in [3.8, 4) is 35.5 Å². The Bertz CT molecular complexity index is 411. The molecule has 0 saturated carbocycles. The molecule has 68 valence electrons. The molecule has 0 spiro atoms. The fourth-order valence-electron chi connectivity index (χ4n) is 0.384. The van der Waals surface area contributed by atoms with Crippen LogP contribution in [0.4, 0.5) is 0 Å². The minimum atomic E-state index is -0.479. The van der Waals surface area contributed by atoms with Crippen LogP contribution in [0.15, 0.2) is 12.2 Å². The maximum atomic E-state index is 10.5. The largest absolute Gasteiger partial charge is 0.466 e. The number of allylic oxidation sites excluding steroid dienone is 1. The lowest BCUT2D eigenvalue weighted by molar-refractivity contribution is -0.134. The lowest BCUT2D eigenvalue weighted by atomic mass is 10.4. The van der Waals surface area contributed by atoms with Gasteiger partial charge in [0.05, 0.1) is 7.11 Å². The van der Waals surface area contributed by atoms with Crippen molar-refractivity contribution < 1.29 is 14.3 Å². The van der Waals surface area contributed by atoms with Crippen LogP contribution < -0.4 is 0 Å². The summed E-state index contributed by atoms with van der Waals surface area (Å²) < 4.78 is 4.32. The fraction of sp³-hybridized carbons (Fsp3) is 0.0909. The molecule has 0 aromatic heterocycles. The Morgan fingerprint density at radius 2 is 1.79 bits per heavy atom. The molecule has 0 aliphatic rings. The van der Waals surface area contributed by atoms with Crippen LogP contribution in [0.3, 0.4) is 0 Å². The second-order valence-corrected chi connectivity index (χ2v) is 1.76. The van der Waals surface area contributed by atoms with Crippen LogP contribution in [0.2, 0.25) is 0 Å². The van der Waals surface area contributed by atoms with Gasteiger partial charge in [0.25, 0.3) is 0 Å². The first kappa shape index (κ1) is 11.6. The number of methoxy groups -OCH3 is 1. The van der Waals surface area contributed by atoms with E-state index in [9.17, 15) is 9.59 Å². The maximum absolute atomic E-state index is 10.5. The molecule has 0 heterocycles. The van der Waals surface area contributed by atoms with Gasteiger partial charge in [0.2, 0.25) is 0 Å². The van der Waals surface area contributed by atoms with Crippen molar-refractivity contribution in [1.29, 1.82) is 0 Å². The number of hydrogen-bond acceptors (Lipinski definition) is 3. The van der Waals surface area contributed by atoms with Gasteiger partial charge in [-0.1, -0.05) is 5.92 Å². The zero-order valence-electron chi connectivity index (χ0n) is 7.46. The van der Waals surface area contributed by atoms with E-state index < -0.39 is 5.97 Å². The summed E-state index contributed by atoms with van der Waals surface area (Å²) in [5, 5.41) is 0. The van der Waals surface area contributed by atoms with Gasteiger partial charge in [-0.2, -0.15) is 0 Å². The van der Waals surface area contributed by atoms with E-state index in [1.54, 1.807) is 0 Å². The maximum Gasteiger partial charge on any atom is 0.331 e. The molecule has 0 aliphatic heterocycles. The lowest BCUT2D eigenvalue weighted by Crippen LogP contribution is -1.92. The van der Waals surface area contributed by atoms with Crippen molar-refractivity contribution in [2.24, 2.45) is 0 Å². The van der Waals surface area contributed by atoms with Crippen molar-refractivity contribution >= 4 is 12.3 Å². The van der Waals surface area contributed by atoms with E-state index in [0.29, 0.717) is 6.29 Å². The molecule has 0 saturated heterocycles. The molecular weight excluding hydrogens is 180 g/mol. The van der Waals surface area contributed by atoms with Crippen LogP contribution in [0.5, 0.6) is 0 Å². The van der Waals surface area contributed by atoms with Crippen LogP contribution in [0.25, 0.3) is 0 Å². The Balaban J connectivity index is 4.05. The molecular formula is C11H6O3. The third-order valence-electron chi connectivity index (χ3n) is 0.895. The first-order valence-electron chi connectivity index (χ1n) is 3.50. The first-order chi connectivity index (χ1) is 6.81. The Morgan fingerprint density at radius 1 is 1.14 bits per heavy atom. The highest BCUT2D eigenvalue weighted by molar-refractivity contribution is 5.82. The molecule has 0 aromatic carbocycles. The van der Waals surface area contributed by atoms with Crippen molar-refractivity contribution in [3.05, 3.63) is 12.2 Å². The number of ether oxygens (including phenoxy) is 1. The summed E-state index contributed by atoms with van der Waals surface area (Å²) in [7, 11) is 1.27. The van der Waals surface area contributed by atoms with E-state index >= 15 is 0 Å². The molecule has 0 aromatic rings. The van der Waals surface area contributed by atoms with E-state index in [1.165, 1.54) is 19.3 Å². The Labute approximate surface area is 82.1 Å². The molecule has 0 unspecified atom stereocenters. The van der Waals surface area contributed by atoms with Crippen LogP contribution in [-0.4, -0.2) is 19.4 Å². The number of carbonyl (C=O) groups excluding carboxylic acids is 2. The van der Waals surface area contributed by atoms with Gasteiger partial charge in [0.1, 0.15) is 0 Å². The molecule has 0 rings (SSSR count). The summed E-state index contributed by atoms with van der Waals surface area (Å²) in [5.41, 5.74) is 0. The van der Waals surface area contributed by atoms with Gasteiger partial charge in [0.15, 0.2) is 6.29 Å². The Kier molecular flexibility index (Phi) is 7.15. The SMILES string of the molecule is COC(=O)/C=C/C#CC#CC#CC=O. The predicted octanol–water partition coefficient (Wildman–Crippen LogP) is -0.0753. The average molecular weight is 186 g/mol. The highest BCUT2D eigenvalue weighted by Crippen LogP contribution is 1.75. The van der Waals surface area contributed by atoms with Gasteiger partial charge < -0.3 is 4.74 Å². The monoisotopic (exact) mass is 186 g/mol. The smallest absolute Gasteiger partial charge is 0.331 e. The summed E-state index contributed by atoms with van der Waals surface area (Å²) in [5.74, 6) is 13.4. The van der Waals surface area contributed by atoms with Gasteiger partial charge in [-0.3, -0.25) is 4.79 Å². The Morgan fingerprint density at radius 3 is 2.36 bits per heavy atom. The summed E-state index contributed by atoms with van der Waals surface area (Å²) >= 11 is 0. The summed E-state index contributed by atoms with van der Waals surface area (Å²) in [4.78, 5) is 20.2. The average Bonchev–Trinajstić information content (AvgIpc) is 2.21. The normalized spacial score (nSPS) is 6.93. The number of aldehydes is 1. The third kappa shape index (κ3) is 7.66. The zero-order chi connectivity index (χ0) is 10.6. The Hall–Kier alpha value is -2.44. The van der Waals surface area contributed by atoms with Gasteiger partial charge in [0, 0.05) is 6.08 Å². The van der Waals surface area contributed by atoms with Crippen molar-refractivity contribution in [1.82, 2.24) is 0 Å². The molecule has 0 bridgehead atoms. The second-order valence-electron chi connectivity index (χ2n) is 1.76. The molecule has 3 nitrogen and oxygen atoms in total. The van der Waals surface area contributed by atoms with Crippen molar-refractivity contribution in [3.63, 3.8) is 0 Å². The quantitative estimate of drug-likeness (QED) is 0.249. The van der Waals surface area contributed by atoms with Crippen molar-refractivity contribution in [2.45, 2.75) is 0 Å². The summed E-state index contributed by atoms with van der Waals surface area (Å²) in [6.45, 7) is 0. The fourth-order valence-corrected chi connectivity index (χ4v) is 0.384. The van der Waals surface area contributed by atoms with Gasteiger partial charge in [-0.05, 0) is 35.7 Å². The minimum Gasteiger partial charge on any atom is -0.466 e. The van der Waals surface area contributed by atoms with E-state index in [1.807, 2.05) is 0 Å². The van der Waals surface area contributed by atoms with Crippen LogP contribution in [0, 0.1) is 35.5 Å². The van der Waals surface area contributed by atoms with Gasteiger partial charge in [-0.25, -0.2) is 4.79 Å². The molecule has 3 heteroatoms. The molecule has 0 radical (unpaired) electrons. The topological polar surface area (TPSA) is 43.4 Å². The van der Waals surface area contributed by atoms with E-state index in [2.05, 4.69) is 40.3 Å². The number of carbonyl (C=O) groups is 2. The molecule has 0 fully saturated rings. The van der Waals surface area contributed by atoms with E-state index in [-0.39, 0.29) is 0 Å². The molecule has 0 amide bonds. The van der Waals surface area contributed by atoms with Gasteiger partial charge in [-0.15, -0.1) is 0 Å². The molecule has 0 aliphatic carbocycles. The van der Waals surface area contributed by atoms with Crippen LogP contribution >= 0.6 is 0 Å². The van der Waals surface area contributed by atoms with Crippen molar-refractivity contribution in [2.75, 3.05) is 7.11 Å². The van der Waals surface area contributed by atoms with E-state index in [4.69, 9.17) is 0 Å². The number of hydrogen-bond donors (Lipinski definition) is 0. The second kappa shape index (κ2) is 8.65. The van der Waals surface area contributed by atoms with E-state index in [0.717, 1.165) is 0 Å². The highest BCUT2D eigenvalue weighted by Gasteiger charge is 1.85.